The van der Waals surface area contributed by atoms with Gasteiger partial charge in [-0.05, 0) is 25.0 Å². The molecule has 0 radical (unpaired) electrons. The van der Waals surface area contributed by atoms with Crippen LogP contribution in [0.15, 0.2) is 18.3 Å². The monoisotopic (exact) mass is 222 g/mol. The first-order valence-electron chi connectivity index (χ1n) is 5.35. The molecule has 88 valence electrons. The van der Waals surface area contributed by atoms with Crippen LogP contribution in [-0.4, -0.2) is 24.1 Å². The number of carbonyl (C=O) groups excluding carboxylic acids is 1. The molecular weight excluding hydrogens is 204 g/mol. The molecule has 0 aliphatic carbocycles. The number of ether oxygens (including phenoxy) is 1. The smallest absolute Gasteiger partial charge is 0.305 e. The van der Waals surface area contributed by atoms with E-state index in [2.05, 4.69) is 9.72 Å². The van der Waals surface area contributed by atoms with Crippen LogP contribution in [0.1, 0.15) is 24.1 Å². The number of hydrogen-bond acceptors (Lipinski definition) is 4. The minimum atomic E-state index is -0.215. The van der Waals surface area contributed by atoms with Crippen molar-refractivity contribution in [3.8, 4) is 0 Å². The third kappa shape index (κ3) is 4.40. The highest BCUT2D eigenvalue weighted by Gasteiger charge is 2.08. The molecule has 1 rings (SSSR count). The standard InChI is InChI=1S/C12H18N2O2/c1-9-3-5-11(14-8-9)7-10(13)4-6-12(15)16-2/h3,5,8,10H,4,6-7,13H2,1-2H3. The van der Waals surface area contributed by atoms with Crippen LogP contribution in [0.5, 0.6) is 0 Å². The van der Waals surface area contributed by atoms with Gasteiger partial charge in [0.2, 0.25) is 0 Å². The Kier molecular flexibility index (Phi) is 4.92. The summed E-state index contributed by atoms with van der Waals surface area (Å²) < 4.78 is 4.56. The van der Waals surface area contributed by atoms with Gasteiger partial charge in [-0.3, -0.25) is 9.78 Å². The van der Waals surface area contributed by atoms with Crippen LogP contribution in [-0.2, 0) is 16.0 Å². The number of aromatic nitrogens is 1. The first-order chi connectivity index (χ1) is 7.61. The fourth-order valence-electron chi connectivity index (χ4n) is 1.40. The molecular formula is C12H18N2O2. The van der Waals surface area contributed by atoms with Gasteiger partial charge in [0.05, 0.1) is 7.11 Å². The number of carbonyl (C=O) groups is 1. The average molecular weight is 222 g/mol. The molecule has 16 heavy (non-hydrogen) atoms. The zero-order chi connectivity index (χ0) is 12.0. The van der Waals surface area contributed by atoms with Crippen LogP contribution in [0, 0.1) is 6.92 Å². The second kappa shape index (κ2) is 6.23. The number of hydrogen-bond donors (Lipinski definition) is 1. The van der Waals surface area contributed by atoms with Crippen molar-refractivity contribution in [2.75, 3.05) is 7.11 Å². The third-order valence-corrected chi connectivity index (χ3v) is 2.39. The van der Waals surface area contributed by atoms with Crippen molar-refractivity contribution in [3.63, 3.8) is 0 Å². The highest BCUT2D eigenvalue weighted by Crippen LogP contribution is 2.05. The Labute approximate surface area is 95.8 Å². The van der Waals surface area contributed by atoms with Gasteiger partial charge in [-0.1, -0.05) is 6.07 Å². The van der Waals surface area contributed by atoms with E-state index < -0.39 is 0 Å². The van der Waals surface area contributed by atoms with Crippen molar-refractivity contribution in [3.05, 3.63) is 29.6 Å². The van der Waals surface area contributed by atoms with Crippen LogP contribution in [0.25, 0.3) is 0 Å². The van der Waals surface area contributed by atoms with Crippen LogP contribution in [0.2, 0.25) is 0 Å². The van der Waals surface area contributed by atoms with Crippen molar-refractivity contribution in [1.82, 2.24) is 4.98 Å². The maximum absolute atomic E-state index is 10.9. The summed E-state index contributed by atoms with van der Waals surface area (Å²) in [5, 5.41) is 0. The highest BCUT2D eigenvalue weighted by atomic mass is 16.5. The number of aryl methyl sites for hydroxylation is 1. The number of pyridine rings is 1. The number of methoxy groups -OCH3 is 1. The summed E-state index contributed by atoms with van der Waals surface area (Å²) in [5.74, 6) is -0.215. The summed E-state index contributed by atoms with van der Waals surface area (Å²) >= 11 is 0. The van der Waals surface area contributed by atoms with Crippen LogP contribution in [0.3, 0.4) is 0 Å². The second-order valence-electron chi connectivity index (χ2n) is 3.91. The molecule has 1 aromatic heterocycles. The van der Waals surface area contributed by atoms with Gasteiger partial charge in [0.1, 0.15) is 0 Å². The summed E-state index contributed by atoms with van der Waals surface area (Å²) in [6.07, 6.45) is 3.51. The van der Waals surface area contributed by atoms with E-state index in [1.54, 1.807) is 0 Å². The van der Waals surface area contributed by atoms with E-state index in [0.29, 0.717) is 19.3 Å². The van der Waals surface area contributed by atoms with Crippen molar-refractivity contribution < 1.29 is 9.53 Å². The number of nitrogens with two attached hydrogens (primary N) is 1. The summed E-state index contributed by atoms with van der Waals surface area (Å²) in [4.78, 5) is 15.2. The third-order valence-electron chi connectivity index (χ3n) is 2.39. The summed E-state index contributed by atoms with van der Waals surface area (Å²) in [6.45, 7) is 1.99. The lowest BCUT2D eigenvalue weighted by atomic mass is 10.1. The quantitative estimate of drug-likeness (QED) is 0.760. The van der Waals surface area contributed by atoms with E-state index in [1.165, 1.54) is 7.11 Å². The molecule has 0 aromatic carbocycles. The Balaban J connectivity index is 2.36. The van der Waals surface area contributed by atoms with Gasteiger partial charge in [-0.2, -0.15) is 0 Å². The molecule has 0 aliphatic heterocycles. The van der Waals surface area contributed by atoms with E-state index in [4.69, 9.17) is 5.73 Å². The lowest BCUT2D eigenvalue weighted by molar-refractivity contribution is -0.140. The molecule has 1 aromatic rings. The molecule has 0 fully saturated rings. The Morgan fingerprint density at radius 1 is 1.56 bits per heavy atom. The molecule has 0 spiro atoms. The van der Waals surface area contributed by atoms with E-state index in [1.807, 2.05) is 25.3 Å². The lowest BCUT2D eigenvalue weighted by Gasteiger charge is -2.10. The topological polar surface area (TPSA) is 65.2 Å². The lowest BCUT2D eigenvalue weighted by Crippen LogP contribution is -2.24. The molecule has 1 heterocycles. The van der Waals surface area contributed by atoms with Crippen LogP contribution < -0.4 is 5.73 Å². The van der Waals surface area contributed by atoms with Crippen molar-refractivity contribution in [2.24, 2.45) is 5.73 Å². The summed E-state index contributed by atoms with van der Waals surface area (Å²) in [6, 6.07) is 3.93. The Bertz CT molecular complexity index is 335. The molecule has 4 nitrogen and oxygen atoms in total. The largest absolute Gasteiger partial charge is 0.469 e. The van der Waals surface area contributed by atoms with Gasteiger partial charge in [0.15, 0.2) is 0 Å². The fourth-order valence-corrected chi connectivity index (χ4v) is 1.40. The molecule has 0 saturated heterocycles. The Morgan fingerprint density at radius 3 is 2.88 bits per heavy atom. The zero-order valence-electron chi connectivity index (χ0n) is 9.77. The van der Waals surface area contributed by atoms with Crippen molar-refractivity contribution in [2.45, 2.75) is 32.2 Å². The number of rotatable bonds is 5. The molecule has 1 atom stereocenters. The van der Waals surface area contributed by atoms with Gasteiger partial charge >= 0.3 is 5.97 Å². The van der Waals surface area contributed by atoms with Gasteiger partial charge in [0, 0.05) is 30.8 Å². The molecule has 0 aliphatic rings. The predicted molar refractivity (Wildman–Crippen MR) is 61.9 cm³/mol. The molecule has 0 amide bonds. The second-order valence-corrected chi connectivity index (χ2v) is 3.91. The predicted octanol–water partition coefficient (Wildman–Crippen LogP) is 1.21. The molecule has 4 heteroatoms. The van der Waals surface area contributed by atoms with Gasteiger partial charge in [-0.25, -0.2) is 0 Å². The summed E-state index contributed by atoms with van der Waals surface area (Å²) in [5.41, 5.74) is 7.99. The van der Waals surface area contributed by atoms with Gasteiger partial charge in [-0.15, -0.1) is 0 Å². The van der Waals surface area contributed by atoms with Crippen LogP contribution in [0.4, 0.5) is 0 Å². The maximum atomic E-state index is 10.9. The number of nitrogens with zero attached hydrogens (tertiary/aromatic N) is 1. The Morgan fingerprint density at radius 2 is 2.31 bits per heavy atom. The van der Waals surface area contributed by atoms with Gasteiger partial charge < -0.3 is 10.5 Å². The minimum Gasteiger partial charge on any atom is -0.469 e. The summed E-state index contributed by atoms with van der Waals surface area (Å²) in [7, 11) is 1.38. The highest BCUT2D eigenvalue weighted by molar-refractivity contribution is 5.69. The van der Waals surface area contributed by atoms with E-state index in [0.717, 1.165) is 11.3 Å². The van der Waals surface area contributed by atoms with E-state index in [-0.39, 0.29) is 12.0 Å². The first-order valence-corrected chi connectivity index (χ1v) is 5.35. The van der Waals surface area contributed by atoms with Crippen LogP contribution >= 0.6 is 0 Å². The van der Waals surface area contributed by atoms with E-state index >= 15 is 0 Å². The minimum absolute atomic E-state index is 0.0469. The number of esters is 1. The van der Waals surface area contributed by atoms with E-state index in [9.17, 15) is 4.79 Å². The molecule has 2 N–H and O–H groups in total. The van der Waals surface area contributed by atoms with Crippen molar-refractivity contribution in [1.29, 1.82) is 0 Å². The maximum Gasteiger partial charge on any atom is 0.305 e. The normalized spacial score (nSPS) is 12.2. The molecule has 0 bridgehead atoms. The molecule has 1 unspecified atom stereocenters. The fraction of sp³-hybridized carbons (Fsp3) is 0.500. The average Bonchev–Trinajstić information content (AvgIpc) is 2.29. The SMILES string of the molecule is COC(=O)CCC(N)Cc1ccc(C)cn1. The Hall–Kier alpha value is -1.42. The van der Waals surface area contributed by atoms with Gasteiger partial charge in [0.25, 0.3) is 0 Å². The molecule has 0 saturated carbocycles. The first kappa shape index (κ1) is 12.6. The van der Waals surface area contributed by atoms with Crippen molar-refractivity contribution >= 4 is 5.97 Å². The zero-order valence-corrected chi connectivity index (χ0v) is 9.77.